The molecule has 1 N–H and O–H groups in total. The van der Waals surface area contributed by atoms with E-state index in [1.807, 2.05) is 34.9 Å². The predicted octanol–water partition coefficient (Wildman–Crippen LogP) is 1.75. The Bertz CT molecular complexity index is 1030. The molecule has 0 spiro atoms. The molecule has 1 aliphatic carbocycles. The molecule has 1 saturated carbocycles. The Morgan fingerprint density at radius 1 is 1.17 bits per heavy atom. The van der Waals surface area contributed by atoms with E-state index in [0.717, 1.165) is 42.7 Å². The number of amides is 1. The number of nitrogens with one attached hydrogen (secondary N) is 1. The van der Waals surface area contributed by atoms with Gasteiger partial charge in [-0.15, -0.1) is 10.2 Å². The predicted molar refractivity (Wildman–Crippen MR) is 113 cm³/mol. The van der Waals surface area contributed by atoms with E-state index in [4.69, 9.17) is 0 Å². The summed E-state index contributed by atoms with van der Waals surface area (Å²) in [6.07, 6.45) is 6.31. The van der Waals surface area contributed by atoms with E-state index in [2.05, 4.69) is 37.3 Å². The zero-order valence-corrected chi connectivity index (χ0v) is 17.2. The Hall–Kier alpha value is -2.84. The molecular formula is C22H27N7O. The largest absolute Gasteiger partial charge is 0.346 e. The number of piperazine rings is 1. The highest BCUT2D eigenvalue weighted by atomic mass is 16.1. The first-order valence-corrected chi connectivity index (χ1v) is 10.6. The second-order valence-electron chi connectivity index (χ2n) is 8.41. The number of carbonyl (C=O) groups excluding carboxylic acids is 1. The van der Waals surface area contributed by atoms with Crippen LogP contribution in [0.15, 0.2) is 42.7 Å². The summed E-state index contributed by atoms with van der Waals surface area (Å²) in [4.78, 5) is 21.8. The standard InChI is InChI=1S/C22H27N7O/c1-27-10-11-28(13-16-5-6-16)15-19(27)21-26-25-20-8-7-17(14-29(20)21)22(30)24-12-18-4-2-3-9-23-18/h2-4,7-9,14,16,19H,5-6,10-13,15H2,1H3,(H,24,30). The molecule has 8 nitrogen and oxygen atoms in total. The topological polar surface area (TPSA) is 78.7 Å². The van der Waals surface area contributed by atoms with Crippen LogP contribution in [0, 0.1) is 5.92 Å². The maximum atomic E-state index is 12.7. The maximum absolute atomic E-state index is 12.7. The Kier molecular flexibility index (Phi) is 5.18. The first-order valence-electron chi connectivity index (χ1n) is 10.6. The fraction of sp³-hybridized carbons (Fsp3) is 0.455. The quantitative estimate of drug-likeness (QED) is 0.673. The molecule has 0 bridgehead atoms. The van der Waals surface area contributed by atoms with E-state index in [1.165, 1.54) is 19.4 Å². The van der Waals surface area contributed by atoms with Crippen LogP contribution in [0.2, 0.25) is 0 Å². The van der Waals surface area contributed by atoms with Gasteiger partial charge in [0.05, 0.1) is 23.8 Å². The molecule has 4 heterocycles. The van der Waals surface area contributed by atoms with Crippen molar-refractivity contribution in [1.29, 1.82) is 0 Å². The molecule has 8 heteroatoms. The van der Waals surface area contributed by atoms with E-state index in [9.17, 15) is 4.79 Å². The lowest BCUT2D eigenvalue weighted by atomic mass is 10.1. The van der Waals surface area contributed by atoms with E-state index >= 15 is 0 Å². The summed E-state index contributed by atoms with van der Waals surface area (Å²) in [6, 6.07) is 9.49. The van der Waals surface area contributed by atoms with Crippen molar-refractivity contribution in [2.24, 2.45) is 5.92 Å². The van der Waals surface area contributed by atoms with Crippen LogP contribution in [0.5, 0.6) is 0 Å². The number of rotatable bonds is 6. The average molecular weight is 406 g/mol. The minimum Gasteiger partial charge on any atom is -0.346 e. The highest BCUT2D eigenvalue weighted by Crippen LogP contribution is 2.32. The van der Waals surface area contributed by atoms with Crippen molar-refractivity contribution < 1.29 is 4.79 Å². The first kappa shape index (κ1) is 19.1. The Morgan fingerprint density at radius 3 is 2.87 bits per heavy atom. The van der Waals surface area contributed by atoms with Crippen LogP contribution >= 0.6 is 0 Å². The molecule has 3 aromatic heterocycles. The third-order valence-electron chi connectivity index (χ3n) is 6.09. The van der Waals surface area contributed by atoms with Crippen molar-refractivity contribution in [1.82, 2.24) is 34.7 Å². The van der Waals surface area contributed by atoms with Crippen molar-refractivity contribution >= 4 is 11.6 Å². The van der Waals surface area contributed by atoms with Crippen LogP contribution in [0.1, 0.15) is 40.8 Å². The molecule has 1 atom stereocenters. The summed E-state index contributed by atoms with van der Waals surface area (Å²) in [6.45, 7) is 4.64. The summed E-state index contributed by atoms with van der Waals surface area (Å²) >= 11 is 0. The Morgan fingerprint density at radius 2 is 2.07 bits per heavy atom. The molecule has 1 saturated heterocycles. The van der Waals surface area contributed by atoms with Crippen molar-refractivity contribution in [2.45, 2.75) is 25.4 Å². The van der Waals surface area contributed by atoms with Crippen molar-refractivity contribution in [3.63, 3.8) is 0 Å². The van der Waals surface area contributed by atoms with E-state index in [0.29, 0.717) is 12.1 Å². The molecule has 2 fully saturated rings. The summed E-state index contributed by atoms with van der Waals surface area (Å²) in [5.74, 6) is 1.64. The lowest BCUT2D eigenvalue weighted by molar-refractivity contribution is 0.0869. The molecular weight excluding hydrogens is 378 g/mol. The number of likely N-dealkylation sites (N-methyl/N-ethyl adjacent to an activating group) is 1. The van der Waals surface area contributed by atoms with Gasteiger partial charge in [-0.3, -0.25) is 24.0 Å². The normalized spacial score (nSPS) is 20.5. The number of pyridine rings is 2. The zero-order valence-electron chi connectivity index (χ0n) is 17.2. The first-order chi connectivity index (χ1) is 14.7. The molecule has 3 aromatic rings. The second kappa shape index (κ2) is 8.12. The molecule has 0 aromatic carbocycles. The van der Waals surface area contributed by atoms with E-state index in [1.54, 1.807) is 12.3 Å². The number of hydrogen-bond acceptors (Lipinski definition) is 6. The van der Waals surface area contributed by atoms with Crippen LogP contribution in [0.3, 0.4) is 0 Å². The number of nitrogens with zero attached hydrogens (tertiary/aromatic N) is 6. The van der Waals surface area contributed by atoms with Gasteiger partial charge < -0.3 is 5.32 Å². The summed E-state index contributed by atoms with van der Waals surface area (Å²) < 4.78 is 1.97. The highest BCUT2D eigenvalue weighted by molar-refractivity contribution is 5.94. The molecule has 5 rings (SSSR count). The molecule has 2 aliphatic rings. The molecule has 1 unspecified atom stereocenters. The number of hydrogen-bond donors (Lipinski definition) is 1. The minimum absolute atomic E-state index is 0.130. The van der Waals surface area contributed by atoms with Crippen molar-refractivity contribution in [3.05, 3.63) is 59.8 Å². The smallest absolute Gasteiger partial charge is 0.253 e. The van der Waals surface area contributed by atoms with Crippen molar-refractivity contribution in [2.75, 3.05) is 33.2 Å². The van der Waals surface area contributed by atoms with Crippen LogP contribution in [0.25, 0.3) is 5.65 Å². The molecule has 30 heavy (non-hydrogen) atoms. The fourth-order valence-electron chi connectivity index (χ4n) is 4.09. The fourth-order valence-corrected chi connectivity index (χ4v) is 4.09. The minimum atomic E-state index is -0.130. The average Bonchev–Trinajstić information content (AvgIpc) is 3.50. The van der Waals surface area contributed by atoms with Crippen LogP contribution < -0.4 is 5.32 Å². The van der Waals surface area contributed by atoms with Gasteiger partial charge in [0.25, 0.3) is 5.91 Å². The van der Waals surface area contributed by atoms with Gasteiger partial charge in [-0.1, -0.05) is 6.07 Å². The Labute approximate surface area is 175 Å². The lowest BCUT2D eigenvalue weighted by Gasteiger charge is -2.38. The monoisotopic (exact) mass is 405 g/mol. The molecule has 156 valence electrons. The second-order valence-corrected chi connectivity index (χ2v) is 8.41. The van der Waals surface area contributed by atoms with Gasteiger partial charge in [0, 0.05) is 38.6 Å². The van der Waals surface area contributed by atoms with Crippen molar-refractivity contribution in [3.8, 4) is 0 Å². The number of aromatic nitrogens is 4. The van der Waals surface area contributed by atoms with Gasteiger partial charge in [-0.2, -0.15) is 0 Å². The van der Waals surface area contributed by atoms with Crippen LogP contribution in [0.4, 0.5) is 0 Å². The SMILES string of the molecule is CN1CCN(CC2CC2)CC1c1nnc2ccc(C(=O)NCc3ccccn3)cn12. The van der Waals surface area contributed by atoms with Gasteiger partial charge in [-0.05, 0) is 50.1 Å². The summed E-state index contributed by atoms with van der Waals surface area (Å²) in [5.41, 5.74) is 2.18. The van der Waals surface area contributed by atoms with Gasteiger partial charge in [-0.25, -0.2) is 0 Å². The van der Waals surface area contributed by atoms with Crippen LogP contribution in [-0.2, 0) is 6.54 Å². The molecule has 0 radical (unpaired) electrons. The molecule has 1 aliphatic heterocycles. The van der Waals surface area contributed by atoms with Gasteiger partial charge >= 0.3 is 0 Å². The third kappa shape index (κ3) is 4.06. The lowest BCUT2D eigenvalue weighted by Crippen LogP contribution is -2.47. The van der Waals surface area contributed by atoms with Crippen LogP contribution in [-0.4, -0.2) is 68.5 Å². The zero-order chi connectivity index (χ0) is 20.5. The Balaban J connectivity index is 1.35. The van der Waals surface area contributed by atoms with Gasteiger partial charge in [0.1, 0.15) is 0 Å². The molecule has 1 amide bonds. The summed E-state index contributed by atoms with van der Waals surface area (Å²) in [5, 5.41) is 11.8. The number of fused-ring (bicyclic) bond motifs is 1. The summed E-state index contributed by atoms with van der Waals surface area (Å²) in [7, 11) is 2.14. The number of carbonyl (C=O) groups is 1. The van der Waals surface area contributed by atoms with E-state index < -0.39 is 0 Å². The van der Waals surface area contributed by atoms with Gasteiger partial charge in [0.15, 0.2) is 11.5 Å². The van der Waals surface area contributed by atoms with Gasteiger partial charge in [0.2, 0.25) is 0 Å². The third-order valence-corrected chi connectivity index (χ3v) is 6.09. The highest BCUT2D eigenvalue weighted by Gasteiger charge is 2.32. The maximum Gasteiger partial charge on any atom is 0.253 e. The van der Waals surface area contributed by atoms with E-state index in [-0.39, 0.29) is 11.9 Å².